The van der Waals surface area contributed by atoms with Crippen LogP contribution >= 0.6 is 11.8 Å². The molecule has 7 aromatic carbocycles. The molecule has 53 heavy (non-hydrogen) atoms. The molecule has 0 spiro atoms. The fraction of sp³-hybridized carbons (Fsp3) is 0.0208. The number of benzene rings is 7. The topological polar surface area (TPSA) is 43.6 Å². The van der Waals surface area contributed by atoms with Gasteiger partial charge in [0.15, 0.2) is 17.5 Å². The van der Waals surface area contributed by atoms with Gasteiger partial charge in [0, 0.05) is 49.2 Å². The molecule has 3 heterocycles. The maximum atomic E-state index is 5.06. The fourth-order valence-corrected chi connectivity index (χ4v) is 8.55. The lowest BCUT2D eigenvalue weighted by atomic mass is 9.99. The molecular weight excluding hydrogens is 665 g/mol. The first-order chi connectivity index (χ1) is 26.2. The van der Waals surface area contributed by atoms with Crippen LogP contribution in [-0.2, 0) is 0 Å². The number of thioether (sulfide) groups is 1. The van der Waals surface area contributed by atoms with Gasteiger partial charge >= 0.3 is 0 Å². The molecule has 10 rings (SSSR count). The van der Waals surface area contributed by atoms with Crippen molar-refractivity contribution in [3.63, 3.8) is 0 Å². The van der Waals surface area contributed by atoms with E-state index in [9.17, 15) is 0 Å². The molecule has 4 nitrogen and oxygen atoms in total. The molecule has 2 aromatic heterocycles. The summed E-state index contributed by atoms with van der Waals surface area (Å²) >= 11 is 1.87. The van der Waals surface area contributed by atoms with Crippen molar-refractivity contribution >= 4 is 60.7 Å². The van der Waals surface area contributed by atoms with E-state index >= 15 is 0 Å². The zero-order valence-corrected chi connectivity index (χ0v) is 29.6. The molecule has 0 aliphatic carbocycles. The summed E-state index contributed by atoms with van der Waals surface area (Å²) in [5, 5.41) is 7.17. The average Bonchev–Trinajstić information content (AvgIpc) is 3.60. The lowest BCUT2D eigenvalue weighted by molar-refractivity contribution is 1.07. The zero-order chi connectivity index (χ0) is 35.3. The first kappa shape index (κ1) is 31.2. The molecule has 9 aromatic rings. The Labute approximate surface area is 311 Å². The summed E-state index contributed by atoms with van der Waals surface area (Å²) in [6, 6.07) is 51.3. The third-order valence-corrected chi connectivity index (χ3v) is 11.1. The Morgan fingerprint density at radius 2 is 1.17 bits per heavy atom. The molecule has 5 heteroatoms. The number of hydrogen-bond donors (Lipinski definition) is 0. The van der Waals surface area contributed by atoms with E-state index in [4.69, 9.17) is 15.0 Å². The summed E-state index contributed by atoms with van der Waals surface area (Å²) in [5.74, 6) is 2.83. The minimum atomic E-state index is 0.639. The Kier molecular flexibility index (Phi) is 7.59. The Morgan fingerprint density at radius 3 is 1.92 bits per heavy atom. The summed E-state index contributed by atoms with van der Waals surface area (Å²) in [5.41, 5.74) is 8.45. The van der Waals surface area contributed by atoms with Crippen LogP contribution in [0.1, 0.15) is 5.56 Å². The van der Waals surface area contributed by atoms with Crippen LogP contribution in [0.2, 0.25) is 0 Å². The van der Waals surface area contributed by atoms with Gasteiger partial charge in [-0.2, -0.15) is 0 Å². The minimum Gasteiger partial charge on any atom is -0.309 e. The standard InChI is InChI=1S/C48H32N4S/c1-31-13-5-4-12-28-53-45-38(31)23-24-39-41(45)26-25-40-42-30-36(21-27-43(42)52(44(39)40)37-22-20-32-14-10-11-19-35(32)29-37)48-50-46(33-15-6-2-7-16-33)49-47(51-48)34-17-8-3-9-18-34/h2-27,29-30H,1,28H2/b12-4-,13-5-. The monoisotopic (exact) mass is 696 g/mol. The molecule has 250 valence electrons. The van der Waals surface area contributed by atoms with Crippen molar-refractivity contribution < 1.29 is 0 Å². The highest BCUT2D eigenvalue weighted by Gasteiger charge is 2.20. The van der Waals surface area contributed by atoms with Gasteiger partial charge in [-0.25, -0.2) is 15.0 Å². The van der Waals surface area contributed by atoms with E-state index in [1.807, 2.05) is 72.4 Å². The lowest BCUT2D eigenvalue weighted by Gasteiger charge is -2.15. The highest BCUT2D eigenvalue weighted by molar-refractivity contribution is 7.99. The first-order valence-corrected chi connectivity index (χ1v) is 18.7. The first-order valence-electron chi connectivity index (χ1n) is 17.8. The average molecular weight is 697 g/mol. The van der Waals surface area contributed by atoms with Gasteiger partial charge in [-0.3, -0.25) is 0 Å². The Hall–Kier alpha value is -6.56. The molecule has 0 amide bonds. The molecule has 0 radical (unpaired) electrons. The van der Waals surface area contributed by atoms with E-state index in [0.29, 0.717) is 17.5 Å². The van der Waals surface area contributed by atoms with Gasteiger partial charge in [0.1, 0.15) is 0 Å². The highest BCUT2D eigenvalue weighted by atomic mass is 32.2. The normalized spacial score (nSPS) is 14.2. The van der Waals surface area contributed by atoms with Crippen LogP contribution in [-0.4, -0.2) is 25.3 Å². The number of nitrogens with zero attached hydrogens (tertiary/aromatic N) is 4. The number of fused-ring (bicyclic) bond motifs is 8. The van der Waals surface area contributed by atoms with Gasteiger partial charge in [0.05, 0.1) is 11.0 Å². The van der Waals surface area contributed by atoms with Crippen LogP contribution in [0.25, 0.3) is 88.8 Å². The van der Waals surface area contributed by atoms with Crippen LogP contribution in [0.15, 0.2) is 181 Å². The molecule has 0 unspecified atom stereocenters. The molecule has 0 atom stereocenters. The van der Waals surface area contributed by atoms with Crippen molar-refractivity contribution in [3.05, 3.63) is 182 Å². The maximum Gasteiger partial charge on any atom is 0.164 e. The number of hydrogen-bond acceptors (Lipinski definition) is 4. The third-order valence-electron chi connectivity index (χ3n) is 10.0. The molecule has 1 aliphatic rings. The Morgan fingerprint density at radius 1 is 0.528 bits per heavy atom. The molecule has 1 aliphatic heterocycles. The zero-order valence-electron chi connectivity index (χ0n) is 28.8. The van der Waals surface area contributed by atoms with Crippen molar-refractivity contribution in [3.8, 4) is 39.9 Å². The van der Waals surface area contributed by atoms with E-state index in [2.05, 4.69) is 120 Å². The molecule has 0 N–H and O–H groups in total. The van der Waals surface area contributed by atoms with Crippen molar-refractivity contribution in [2.45, 2.75) is 4.90 Å². The van der Waals surface area contributed by atoms with Crippen LogP contribution < -0.4 is 0 Å². The predicted octanol–water partition coefficient (Wildman–Crippen LogP) is 12.5. The van der Waals surface area contributed by atoms with Crippen LogP contribution in [0.4, 0.5) is 0 Å². The van der Waals surface area contributed by atoms with Crippen molar-refractivity contribution in [2.75, 3.05) is 5.75 Å². The van der Waals surface area contributed by atoms with Crippen LogP contribution in [0.3, 0.4) is 0 Å². The van der Waals surface area contributed by atoms with Gasteiger partial charge in [0.25, 0.3) is 0 Å². The number of allylic oxidation sites excluding steroid dienone is 4. The summed E-state index contributed by atoms with van der Waals surface area (Å²) < 4.78 is 2.43. The van der Waals surface area contributed by atoms with Gasteiger partial charge in [-0.05, 0) is 57.6 Å². The van der Waals surface area contributed by atoms with Crippen molar-refractivity contribution in [1.82, 2.24) is 19.5 Å². The fourth-order valence-electron chi connectivity index (χ4n) is 7.48. The van der Waals surface area contributed by atoms with E-state index in [1.165, 1.54) is 42.9 Å². The summed E-state index contributed by atoms with van der Waals surface area (Å²) in [6.07, 6.45) is 8.51. The van der Waals surface area contributed by atoms with Gasteiger partial charge < -0.3 is 4.57 Å². The molecular formula is C48H32N4S. The number of aromatic nitrogens is 4. The SMILES string of the molecule is C=C1/C=C\C=C/CSc2c1ccc1c2ccc2c3cc(-c4nc(-c5ccccc5)nc(-c5ccccc5)n4)ccc3n(-c3ccc4ccccc4c3)c12. The summed E-state index contributed by atoms with van der Waals surface area (Å²) in [4.78, 5) is 16.3. The van der Waals surface area contributed by atoms with Crippen LogP contribution in [0.5, 0.6) is 0 Å². The quantitative estimate of drug-likeness (QED) is 0.184. The van der Waals surface area contributed by atoms with Gasteiger partial charge in [-0.15, -0.1) is 11.8 Å². The van der Waals surface area contributed by atoms with Gasteiger partial charge in [0.2, 0.25) is 0 Å². The minimum absolute atomic E-state index is 0.639. The third kappa shape index (κ3) is 5.45. The van der Waals surface area contributed by atoms with Crippen molar-refractivity contribution in [2.24, 2.45) is 0 Å². The second-order valence-electron chi connectivity index (χ2n) is 13.3. The molecule has 0 saturated heterocycles. The highest BCUT2D eigenvalue weighted by Crippen LogP contribution is 2.43. The molecule has 0 fully saturated rings. The lowest BCUT2D eigenvalue weighted by Crippen LogP contribution is -2.00. The van der Waals surface area contributed by atoms with E-state index in [-0.39, 0.29) is 0 Å². The van der Waals surface area contributed by atoms with Crippen LogP contribution in [0, 0.1) is 0 Å². The maximum absolute atomic E-state index is 5.06. The molecule has 0 bridgehead atoms. The summed E-state index contributed by atoms with van der Waals surface area (Å²) in [6.45, 7) is 4.43. The van der Waals surface area contributed by atoms with Gasteiger partial charge in [-0.1, -0.05) is 146 Å². The second-order valence-corrected chi connectivity index (χ2v) is 14.3. The van der Waals surface area contributed by atoms with E-state index in [0.717, 1.165) is 44.6 Å². The molecule has 0 saturated carbocycles. The van der Waals surface area contributed by atoms with E-state index in [1.54, 1.807) is 0 Å². The predicted molar refractivity (Wildman–Crippen MR) is 224 cm³/mol. The van der Waals surface area contributed by atoms with Crippen molar-refractivity contribution in [1.29, 1.82) is 0 Å². The Bertz CT molecular complexity index is 2900. The largest absolute Gasteiger partial charge is 0.309 e. The Balaban J connectivity index is 1.25. The smallest absolute Gasteiger partial charge is 0.164 e. The second kappa shape index (κ2) is 12.9. The summed E-state index contributed by atoms with van der Waals surface area (Å²) in [7, 11) is 0. The number of rotatable bonds is 4. The van der Waals surface area contributed by atoms with E-state index < -0.39 is 0 Å².